The summed E-state index contributed by atoms with van der Waals surface area (Å²) < 4.78 is 0. The SMILES string of the molecule is NC1CCC(NC(=O)c2ccc(Cl)cc2[N+](=O)[O-])CC1. The van der Waals surface area contributed by atoms with Gasteiger partial charge in [0.15, 0.2) is 0 Å². The summed E-state index contributed by atoms with van der Waals surface area (Å²) in [6.07, 6.45) is 3.31. The number of nitro groups is 1. The van der Waals surface area contributed by atoms with Crippen molar-refractivity contribution in [3.63, 3.8) is 0 Å². The lowest BCUT2D eigenvalue weighted by atomic mass is 9.91. The molecule has 0 saturated heterocycles. The number of amides is 1. The quantitative estimate of drug-likeness (QED) is 0.660. The van der Waals surface area contributed by atoms with Gasteiger partial charge in [0.05, 0.1) is 4.92 Å². The first-order valence-electron chi connectivity index (χ1n) is 6.47. The van der Waals surface area contributed by atoms with Crippen LogP contribution in [0, 0.1) is 10.1 Å². The lowest BCUT2D eigenvalue weighted by Gasteiger charge is -2.26. The molecule has 1 aromatic carbocycles. The molecule has 0 bridgehead atoms. The van der Waals surface area contributed by atoms with Crippen LogP contribution in [0.5, 0.6) is 0 Å². The number of carbonyl (C=O) groups excluding carboxylic acids is 1. The molecule has 1 aromatic rings. The zero-order chi connectivity index (χ0) is 14.7. The van der Waals surface area contributed by atoms with E-state index in [1.165, 1.54) is 18.2 Å². The molecule has 108 valence electrons. The smallest absolute Gasteiger partial charge is 0.283 e. The Kier molecular flexibility index (Phi) is 4.57. The number of hydrogen-bond acceptors (Lipinski definition) is 4. The van der Waals surface area contributed by atoms with E-state index >= 15 is 0 Å². The minimum Gasteiger partial charge on any atom is -0.349 e. The van der Waals surface area contributed by atoms with E-state index in [1.807, 2.05) is 0 Å². The predicted molar refractivity (Wildman–Crippen MR) is 75.8 cm³/mol. The maximum atomic E-state index is 12.1. The lowest BCUT2D eigenvalue weighted by Crippen LogP contribution is -2.40. The molecule has 20 heavy (non-hydrogen) atoms. The van der Waals surface area contributed by atoms with Gasteiger partial charge in [-0.3, -0.25) is 14.9 Å². The van der Waals surface area contributed by atoms with E-state index in [2.05, 4.69) is 5.32 Å². The van der Waals surface area contributed by atoms with Crippen LogP contribution in [0.15, 0.2) is 18.2 Å². The second-order valence-electron chi connectivity index (χ2n) is 5.00. The van der Waals surface area contributed by atoms with Crippen LogP contribution in [0.25, 0.3) is 0 Å². The van der Waals surface area contributed by atoms with Crippen molar-refractivity contribution in [2.75, 3.05) is 0 Å². The van der Waals surface area contributed by atoms with Gasteiger partial charge in [-0.15, -0.1) is 0 Å². The fourth-order valence-electron chi connectivity index (χ4n) is 2.37. The third-order valence-electron chi connectivity index (χ3n) is 3.51. The zero-order valence-electron chi connectivity index (χ0n) is 10.8. The Bertz CT molecular complexity index is 528. The Morgan fingerprint density at radius 3 is 2.60 bits per heavy atom. The van der Waals surface area contributed by atoms with Gasteiger partial charge < -0.3 is 11.1 Å². The fourth-order valence-corrected chi connectivity index (χ4v) is 2.54. The molecule has 7 heteroatoms. The Morgan fingerprint density at radius 2 is 2.00 bits per heavy atom. The number of hydrogen-bond donors (Lipinski definition) is 2. The first-order chi connectivity index (χ1) is 9.47. The normalized spacial score (nSPS) is 22.3. The van der Waals surface area contributed by atoms with Crippen molar-refractivity contribution in [1.82, 2.24) is 5.32 Å². The molecule has 1 fully saturated rings. The van der Waals surface area contributed by atoms with E-state index in [-0.39, 0.29) is 28.4 Å². The molecule has 0 spiro atoms. The highest BCUT2D eigenvalue weighted by atomic mass is 35.5. The Morgan fingerprint density at radius 1 is 1.35 bits per heavy atom. The number of halogens is 1. The largest absolute Gasteiger partial charge is 0.349 e. The van der Waals surface area contributed by atoms with Gasteiger partial charge in [0.1, 0.15) is 5.56 Å². The molecule has 2 rings (SSSR count). The molecule has 0 aromatic heterocycles. The number of benzene rings is 1. The van der Waals surface area contributed by atoms with E-state index in [0.29, 0.717) is 0 Å². The standard InChI is InChI=1S/C13H16ClN3O3/c14-8-1-6-11(12(7-8)17(19)20)13(18)16-10-4-2-9(15)3-5-10/h1,6-7,9-10H,2-5,15H2,(H,16,18). The molecule has 3 N–H and O–H groups in total. The Balaban J connectivity index is 2.11. The van der Waals surface area contributed by atoms with Crippen molar-refractivity contribution in [2.45, 2.75) is 37.8 Å². The number of nitrogens with one attached hydrogen (secondary N) is 1. The zero-order valence-corrected chi connectivity index (χ0v) is 11.6. The number of nitro benzene ring substituents is 1. The third kappa shape index (κ3) is 3.46. The predicted octanol–water partition coefficient (Wildman–Crippen LogP) is 2.25. The van der Waals surface area contributed by atoms with Gasteiger partial charge in [0.2, 0.25) is 0 Å². The van der Waals surface area contributed by atoms with Gasteiger partial charge in [-0.25, -0.2) is 0 Å². The van der Waals surface area contributed by atoms with Crippen LogP contribution >= 0.6 is 11.6 Å². The van der Waals surface area contributed by atoms with Gasteiger partial charge >= 0.3 is 0 Å². The van der Waals surface area contributed by atoms with Crippen LogP contribution in [0.2, 0.25) is 5.02 Å². The van der Waals surface area contributed by atoms with Crippen molar-refractivity contribution in [2.24, 2.45) is 5.73 Å². The lowest BCUT2D eigenvalue weighted by molar-refractivity contribution is -0.385. The van der Waals surface area contributed by atoms with E-state index in [0.717, 1.165) is 25.7 Å². The highest BCUT2D eigenvalue weighted by Gasteiger charge is 2.25. The summed E-state index contributed by atoms with van der Waals surface area (Å²) in [5.41, 5.74) is 5.56. The first kappa shape index (κ1) is 14.7. The van der Waals surface area contributed by atoms with Crippen LogP contribution in [0.4, 0.5) is 5.69 Å². The summed E-state index contributed by atoms with van der Waals surface area (Å²) in [5.74, 6) is -0.436. The Hall–Kier alpha value is -1.66. The molecule has 0 unspecified atom stereocenters. The minimum atomic E-state index is -0.600. The van der Waals surface area contributed by atoms with Crippen LogP contribution in [-0.4, -0.2) is 22.9 Å². The summed E-state index contributed by atoms with van der Waals surface area (Å²) >= 11 is 5.72. The molecule has 1 amide bonds. The molecule has 1 saturated carbocycles. The number of nitrogens with zero attached hydrogens (tertiary/aromatic N) is 1. The van der Waals surface area contributed by atoms with Crippen LogP contribution in [0.1, 0.15) is 36.0 Å². The molecule has 6 nitrogen and oxygen atoms in total. The van der Waals surface area contributed by atoms with Gasteiger partial charge in [0, 0.05) is 23.2 Å². The van der Waals surface area contributed by atoms with E-state index < -0.39 is 10.8 Å². The molecule has 1 aliphatic rings. The maximum Gasteiger partial charge on any atom is 0.283 e. The average molecular weight is 298 g/mol. The average Bonchev–Trinajstić information content (AvgIpc) is 2.41. The molecule has 0 atom stereocenters. The van der Waals surface area contributed by atoms with Crippen molar-refractivity contribution in [1.29, 1.82) is 0 Å². The summed E-state index contributed by atoms with van der Waals surface area (Å²) in [6, 6.07) is 4.25. The number of rotatable bonds is 3. The highest BCUT2D eigenvalue weighted by molar-refractivity contribution is 6.31. The van der Waals surface area contributed by atoms with Gasteiger partial charge in [-0.2, -0.15) is 0 Å². The molecule has 0 aliphatic heterocycles. The third-order valence-corrected chi connectivity index (χ3v) is 3.74. The first-order valence-corrected chi connectivity index (χ1v) is 6.85. The van der Waals surface area contributed by atoms with E-state index in [9.17, 15) is 14.9 Å². The van der Waals surface area contributed by atoms with E-state index in [1.54, 1.807) is 0 Å². The number of carbonyl (C=O) groups is 1. The molecule has 0 heterocycles. The monoisotopic (exact) mass is 297 g/mol. The van der Waals surface area contributed by atoms with Crippen molar-refractivity contribution in [3.05, 3.63) is 38.9 Å². The fraction of sp³-hybridized carbons (Fsp3) is 0.462. The molecule has 0 radical (unpaired) electrons. The summed E-state index contributed by atoms with van der Waals surface area (Å²) in [7, 11) is 0. The topological polar surface area (TPSA) is 98.3 Å². The van der Waals surface area contributed by atoms with Gasteiger partial charge in [-0.1, -0.05) is 11.6 Å². The Labute approximate surface area is 121 Å². The van der Waals surface area contributed by atoms with Gasteiger partial charge in [-0.05, 0) is 37.8 Å². The minimum absolute atomic E-state index is 0.0255. The second kappa shape index (κ2) is 6.19. The number of nitrogens with two attached hydrogens (primary N) is 1. The summed E-state index contributed by atoms with van der Waals surface area (Å²) in [5, 5.41) is 14.0. The van der Waals surface area contributed by atoms with Crippen molar-refractivity contribution >= 4 is 23.2 Å². The second-order valence-corrected chi connectivity index (χ2v) is 5.44. The maximum absolute atomic E-state index is 12.1. The highest BCUT2D eigenvalue weighted by Crippen LogP contribution is 2.24. The molecular weight excluding hydrogens is 282 g/mol. The van der Waals surface area contributed by atoms with E-state index in [4.69, 9.17) is 17.3 Å². The summed E-state index contributed by atoms with van der Waals surface area (Å²) in [6.45, 7) is 0. The molecular formula is C13H16ClN3O3. The van der Waals surface area contributed by atoms with Crippen LogP contribution in [-0.2, 0) is 0 Å². The van der Waals surface area contributed by atoms with Crippen molar-refractivity contribution in [3.8, 4) is 0 Å². The molecule has 1 aliphatic carbocycles. The summed E-state index contributed by atoms with van der Waals surface area (Å²) in [4.78, 5) is 22.5. The van der Waals surface area contributed by atoms with Gasteiger partial charge in [0.25, 0.3) is 11.6 Å². The van der Waals surface area contributed by atoms with Crippen LogP contribution in [0.3, 0.4) is 0 Å². The van der Waals surface area contributed by atoms with Crippen LogP contribution < -0.4 is 11.1 Å². The van der Waals surface area contributed by atoms with Crippen molar-refractivity contribution < 1.29 is 9.72 Å².